The van der Waals surface area contributed by atoms with E-state index in [9.17, 15) is 0 Å². The lowest BCUT2D eigenvalue weighted by atomic mass is 10.2. The Labute approximate surface area is 113 Å². The number of nitrogens with zero attached hydrogens (tertiary/aromatic N) is 1. The average Bonchev–Trinajstić information content (AvgIpc) is 2.43. The molecule has 1 heterocycles. The molecule has 0 aliphatic rings. The highest BCUT2D eigenvalue weighted by atomic mass is 16.5. The Morgan fingerprint density at radius 2 is 2.16 bits per heavy atom. The molecule has 0 fully saturated rings. The number of pyridine rings is 1. The lowest BCUT2D eigenvalue weighted by Crippen LogP contribution is -1.97. The van der Waals surface area contributed by atoms with Gasteiger partial charge in [0.05, 0.1) is 6.54 Å². The van der Waals surface area contributed by atoms with E-state index in [1.54, 1.807) is 0 Å². The molecular formula is C16H16N2O. The standard InChI is InChI=1S/C16H16N2O/c1-13-8-15(11-18-10-13)12-19-16-6-2-4-14(9-16)5-3-7-17/h2,4,6,8-11H,7,12,17H2,1H3. The number of aryl methyl sites for hydroxylation is 1. The molecule has 1 aromatic heterocycles. The summed E-state index contributed by atoms with van der Waals surface area (Å²) in [5.74, 6) is 6.61. The van der Waals surface area contributed by atoms with Crippen LogP contribution in [0.1, 0.15) is 16.7 Å². The second-order valence-electron chi connectivity index (χ2n) is 4.19. The average molecular weight is 252 g/mol. The summed E-state index contributed by atoms with van der Waals surface area (Å²) in [5, 5.41) is 0. The van der Waals surface area contributed by atoms with Crippen molar-refractivity contribution in [2.75, 3.05) is 6.54 Å². The van der Waals surface area contributed by atoms with E-state index in [1.807, 2.05) is 43.6 Å². The second kappa shape index (κ2) is 6.58. The van der Waals surface area contributed by atoms with Gasteiger partial charge < -0.3 is 10.5 Å². The van der Waals surface area contributed by atoms with Crippen molar-refractivity contribution in [3.63, 3.8) is 0 Å². The van der Waals surface area contributed by atoms with Gasteiger partial charge in [0.25, 0.3) is 0 Å². The quantitative estimate of drug-likeness (QED) is 0.852. The van der Waals surface area contributed by atoms with E-state index in [0.717, 1.165) is 22.4 Å². The summed E-state index contributed by atoms with van der Waals surface area (Å²) in [4.78, 5) is 4.14. The van der Waals surface area contributed by atoms with Gasteiger partial charge in [0, 0.05) is 23.5 Å². The van der Waals surface area contributed by atoms with E-state index < -0.39 is 0 Å². The molecule has 19 heavy (non-hydrogen) atoms. The van der Waals surface area contributed by atoms with Crippen LogP contribution in [0.25, 0.3) is 0 Å². The van der Waals surface area contributed by atoms with E-state index in [0.29, 0.717) is 13.2 Å². The molecule has 96 valence electrons. The molecule has 0 saturated carbocycles. The largest absolute Gasteiger partial charge is 0.489 e. The van der Waals surface area contributed by atoms with Crippen molar-refractivity contribution in [1.29, 1.82) is 0 Å². The summed E-state index contributed by atoms with van der Waals surface area (Å²) in [7, 11) is 0. The lowest BCUT2D eigenvalue weighted by Gasteiger charge is -2.06. The summed E-state index contributed by atoms with van der Waals surface area (Å²) in [6.07, 6.45) is 3.64. The molecule has 0 radical (unpaired) electrons. The molecule has 0 aliphatic carbocycles. The van der Waals surface area contributed by atoms with Gasteiger partial charge in [0.15, 0.2) is 0 Å². The first-order chi connectivity index (χ1) is 9.28. The van der Waals surface area contributed by atoms with Gasteiger partial charge in [-0.15, -0.1) is 0 Å². The molecular weight excluding hydrogens is 236 g/mol. The van der Waals surface area contributed by atoms with Crippen LogP contribution in [-0.4, -0.2) is 11.5 Å². The highest BCUT2D eigenvalue weighted by molar-refractivity contribution is 5.40. The summed E-state index contributed by atoms with van der Waals surface area (Å²) in [5.41, 5.74) is 8.44. The fourth-order valence-corrected chi connectivity index (χ4v) is 1.68. The molecule has 0 amide bonds. The number of ether oxygens (including phenoxy) is 1. The third kappa shape index (κ3) is 4.13. The van der Waals surface area contributed by atoms with Crippen LogP contribution in [0.15, 0.2) is 42.7 Å². The molecule has 2 aromatic rings. The first-order valence-corrected chi connectivity index (χ1v) is 6.10. The molecule has 0 aliphatic heterocycles. The van der Waals surface area contributed by atoms with Gasteiger partial charge in [-0.05, 0) is 36.8 Å². The van der Waals surface area contributed by atoms with Crippen LogP contribution in [0.3, 0.4) is 0 Å². The van der Waals surface area contributed by atoms with Crippen LogP contribution in [0.5, 0.6) is 5.75 Å². The van der Waals surface area contributed by atoms with Gasteiger partial charge >= 0.3 is 0 Å². The number of benzene rings is 1. The normalized spacial score (nSPS) is 9.58. The highest BCUT2D eigenvalue weighted by Gasteiger charge is 1.98. The van der Waals surface area contributed by atoms with Gasteiger partial charge in [0.1, 0.15) is 12.4 Å². The third-order valence-electron chi connectivity index (χ3n) is 2.51. The maximum Gasteiger partial charge on any atom is 0.121 e. The highest BCUT2D eigenvalue weighted by Crippen LogP contribution is 2.14. The number of hydrogen-bond acceptors (Lipinski definition) is 3. The molecule has 0 bridgehead atoms. The number of rotatable bonds is 3. The van der Waals surface area contributed by atoms with E-state index in [4.69, 9.17) is 10.5 Å². The number of hydrogen-bond donors (Lipinski definition) is 1. The number of aromatic nitrogens is 1. The Balaban J connectivity index is 2.03. The van der Waals surface area contributed by atoms with Crippen LogP contribution < -0.4 is 10.5 Å². The Morgan fingerprint density at radius 1 is 1.26 bits per heavy atom. The fourth-order valence-electron chi connectivity index (χ4n) is 1.68. The Bertz CT molecular complexity index is 611. The maximum atomic E-state index is 5.73. The minimum Gasteiger partial charge on any atom is -0.489 e. The molecule has 0 saturated heterocycles. The summed E-state index contributed by atoms with van der Waals surface area (Å²) < 4.78 is 5.73. The SMILES string of the molecule is Cc1cncc(COc2cccc(C#CCN)c2)c1. The zero-order valence-corrected chi connectivity index (χ0v) is 10.9. The van der Waals surface area contributed by atoms with Gasteiger partial charge in [0.2, 0.25) is 0 Å². The minimum absolute atomic E-state index is 0.361. The third-order valence-corrected chi connectivity index (χ3v) is 2.51. The van der Waals surface area contributed by atoms with Gasteiger partial charge in [-0.2, -0.15) is 0 Å². The molecule has 2 rings (SSSR count). The zero-order valence-electron chi connectivity index (χ0n) is 10.9. The van der Waals surface area contributed by atoms with Crippen molar-refractivity contribution < 1.29 is 4.74 Å². The Morgan fingerprint density at radius 3 is 2.95 bits per heavy atom. The van der Waals surface area contributed by atoms with E-state index in [1.165, 1.54) is 0 Å². The van der Waals surface area contributed by atoms with Crippen molar-refractivity contribution in [1.82, 2.24) is 4.98 Å². The Kier molecular flexibility index (Phi) is 4.54. The lowest BCUT2D eigenvalue weighted by molar-refractivity contribution is 0.305. The molecule has 3 nitrogen and oxygen atoms in total. The molecule has 2 N–H and O–H groups in total. The first kappa shape index (κ1) is 13.1. The second-order valence-corrected chi connectivity index (χ2v) is 4.19. The molecule has 0 unspecified atom stereocenters. The van der Waals surface area contributed by atoms with E-state index in [-0.39, 0.29) is 0 Å². The molecule has 0 atom stereocenters. The van der Waals surface area contributed by atoms with Crippen molar-refractivity contribution in [3.05, 3.63) is 59.4 Å². The van der Waals surface area contributed by atoms with Crippen LogP contribution in [0.2, 0.25) is 0 Å². The molecule has 3 heteroatoms. The first-order valence-electron chi connectivity index (χ1n) is 6.10. The summed E-state index contributed by atoms with van der Waals surface area (Å²) >= 11 is 0. The molecule has 0 spiro atoms. The predicted octanol–water partition coefficient (Wildman–Crippen LogP) is 2.28. The van der Waals surface area contributed by atoms with Gasteiger partial charge in [-0.3, -0.25) is 4.98 Å². The van der Waals surface area contributed by atoms with Gasteiger partial charge in [-0.25, -0.2) is 0 Å². The van der Waals surface area contributed by atoms with Gasteiger partial charge in [-0.1, -0.05) is 17.9 Å². The minimum atomic E-state index is 0.361. The molecule has 1 aromatic carbocycles. The van der Waals surface area contributed by atoms with E-state index in [2.05, 4.69) is 22.9 Å². The van der Waals surface area contributed by atoms with Crippen LogP contribution in [-0.2, 0) is 6.61 Å². The van der Waals surface area contributed by atoms with Crippen LogP contribution in [0.4, 0.5) is 0 Å². The topological polar surface area (TPSA) is 48.1 Å². The maximum absolute atomic E-state index is 5.73. The summed E-state index contributed by atoms with van der Waals surface area (Å²) in [6.45, 7) is 2.88. The van der Waals surface area contributed by atoms with E-state index >= 15 is 0 Å². The predicted molar refractivity (Wildman–Crippen MR) is 75.7 cm³/mol. The monoisotopic (exact) mass is 252 g/mol. The van der Waals surface area contributed by atoms with Crippen molar-refractivity contribution in [2.24, 2.45) is 5.73 Å². The number of nitrogens with two attached hydrogens (primary N) is 1. The van der Waals surface area contributed by atoms with Crippen molar-refractivity contribution in [3.8, 4) is 17.6 Å². The van der Waals surface area contributed by atoms with Crippen LogP contribution >= 0.6 is 0 Å². The van der Waals surface area contributed by atoms with Crippen LogP contribution in [0, 0.1) is 18.8 Å². The zero-order chi connectivity index (χ0) is 13.5. The summed E-state index contributed by atoms with van der Waals surface area (Å²) in [6, 6.07) is 9.74. The fraction of sp³-hybridized carbons (Fsp3) is 0.188. The smallest absolute Gasteiger partial charge is 0.121 e. The van der Waals surface area contributed by atoms with Crippen molar-refractivity contribution >= 4 is 0 Å². The Hall–Kier alpha value is -2.31. The van der Waals surface area contributed by atoms with Crippen molar-refractivity contribution in [2.45, 2.75) is 13.5 Å².